The highest BCUT2D eigenvalue weighted by Gasteiger charge is 2.26. The maximum Gasteiger partial charge on any atom is 0.258 e. The second-order valence-electron chi connectivity index (χ2n) is 5.22. The Morgan fingerprint density at radius 2 is 2.15 bits per heavy atom. The zero-order valence-corrected chi connectivity index (χ0v) is 12.8. The standard InChI is InChI=1S/C16H15BrN2O/c1-11-8-12-4-2-3-5-14(12)19(10-11)16(20)13-6-7-18-15(17)9-13/h2-7,9,11H,8,10H2,1H3. The zero-order valence-electron chi connectivity index (χ0n) is 11.2. The smallest absolute Gasteiger partial charge is 0.258 e. The normalized spacial score (nSPS) is 17.7. The molecule has 0 spiro atoms. The molecule has 1 aromatic carbocycles. The van der Waals surface area contributed by atoms with E-state index in [1.165, 1.54) is 5.56 Å². The maximum absolute atomic E-state index is 12.7. The highest BCUT2D eigenvalue weighted by Crippen LogP contribution is 2.30. The van der Waals surface area contributed by atoms with Gasteiger partial charge >= 0.3 is 0 Å². The summed E-state index contributed by atoms with van der Waals surface area (Å²) in [6, 6.07) is 11.7. The summed E-state index contributed by atoms with van der Waals surface area (Å²) in [6.45, 7) is 2.94. The summed E-state index contributed by atoms with van der Waals surface area (Å²) < 4.78 is 0.682. The molecule has 20 heavy (non-hydrogen) atoms. The first-order chi connectivity index (χ1) is 9.65. The number of halogens is 1. The number of nitrogens with zero attached hydrogens (tertiary/aromatic N) is 2. The molecule has 1 aliphatic rings. The van der Waals surface area contributed by atoms with Crippen LogP contribution in [0, 0.1) is 5.92 Å². The molecule has 1 aromatic heterocycles. The number of hydrogen-bond donors (Lipinski definition) is 0. The average Bonchev–Trinajstić information content (AvgIpc) is 2.45. The van der Waals surface area contributed by atoms with Crippen LogP contribution in [0.2, 0.25) is 0 Å². The molecule has 1 atom stereocenters. The topological polar surface area (TPSA) is 33.2 Å². The van der Waals surface area contributed by atoms with Gasteiger partial charge in [0.25, 0.3) is 5.91 Å². The van der Waals surface area contributed by atoms with Gasteiger partial charge in [-0.15, -0.1) is 0 Å². The van der Waals surface area contributed by atoms with E-state index in [0.29, 0.717) is 16.1 Å². The summed E-state index contributed by atoms with van der Waals surface area (Å²) in [6.07, 6.45) is 2.68. The molecule has 1 aliphatic heterocycles. The monoisotopic (exact) mass is 330 g/mol. The molecule has 2 aromatic rings. The highest BCUT2D eigenvalue weighted by molar-refractivity contribution is 9.10. The largest absolute Gasteiger partial charge is 0.308 e. The van der Waals surface area contributed by atoms with Crippen molar-refractivity contribution in [1.29, 1.82) is 0 Å². The van der Waals surface area contributed by atoms with Crippen LogP contribution in [0.3, 0.4) is 0 Å². The Morgan fingerprint density at radius 3 is 2.95 bits per heavy atom. The van der Waals surface area contributed by atoms with E-state index < -0.39 is 0 Å². The molecule has 3 nitrogen and oxygen atoms in total. The van der Waals surface area contributed by atoms with Gasteiger partial charge in [0.1, 0.15) is 4.60 Å². The summed E-state index contributed by atoms with van der Waals surface area (Å²) in [4.78, 5) is 18.7. The van der Waals surface area contributed by atoms with Crippen LogP contribution in [-0.4, -0.2) is 17.4 Å². The predicted molar refractivity (Wildman–Crippen MR) is 82.9 cm³/mol. The van der Waals surface area contributed by atoms with Crippen molar-refractivity contribution in [3.05, 3.63) is 58.3 Å². The third kappa shape index (κ3) is 2.48. The van der Waals surface area contributed by atoms with Crippen LogP contribution in [0.5, 0.6) is 0 Å². The molecule has 1 unspecified atom stereocenters. The van der Waals surface area contributed by atoms with Gasteiger partial charge in [-0.25, -0.2) is 4.98 Å². The van der Waals surface area contributed by atoms with E-state index in [9.17, 15) is 4.79 Å². The summed E-state index contributed by atoms with van der Waals surface area (Å²) >= 11 is 3.32. The summed E-state index contributed by atoms with van der Waals surface area (Å²) in [5.41, 5.74) is 2.94. The maximum atomic E-state index is 12.7. The van der Waals surface area contributed by atoms with Crippen LogP contribution in [0.1, 0.15) is 22.8 Å². The number of carbonyl (C=O) groups is 1. The molecule has 0 bridgehead atoms. The van der Waals surface area contributed by atoms with Gasteiger partial charge < -0.3 is 4.90 Å². The number of pyridine rings is 1. The minimum atomic E-state index is 0.0344. The first-order valence-corrected chi connectivity index (χ1v) is 7.46. The Morgan fingerprint density at radius 1 is 1.35 bits per heavy atom. The minimum absolute atomic E-state index is 0.0344. The summed E-state index contributed by atoms with van der Waals surface area (Å²) in [5.74, 6) is 0.506. The molecule has 4 heteroatoms. The van der Waals surface area contributed by atoms with E-state index in [1.54, 1.807) is 18.3 Å². The number of carbonyl (C=O) groups excluding carboxylic acids is 1. The van der Waals surface area contributed by atoms with Crippen LogP contribution < -0.4 is 4.90 Å². The van der Waals surface area contributed by atoms with Crippen LogP contribution in [0.25, 0.3) is 0 Å². The van der Waals surface area contributed by atoms with Gasteiger partial charge in [0, 0.05) is 24.0 Å². The number of anilines is 1. The van der Waals surface area contributed by atoms with Gasteiger partial charge in [0.05, 0.1) is 0 Å². The Balaban J connectivity index is 2.00. The van der Waals surface area contributed by atoms with Gasteiger partial charge in [0.15, 0.2) is 0 Å². The number of fused-ring (bicyclic) bond motifs is 1. The quantitative estimate of drug-likeness (QED) is 0.747. The lowest BCUT2D eigenvalue weighted by molar-refractivity contribution is 0.0981. The van der Waals surface area contributed by atoms with Crippen LogP contribution in [-0.2, 0) is 6.42 Å². The fourth-order valence-electron chi connectivity index (χ4n) is 2.68. The minimum Gasteiger partial charge on any atom is -0.308 e. The van der Waals surface area contributed by atoms with E-state index >= 15 is 0 Å². The molecule has 0 saturated carbocycles. The molecule has 0 N–H and O–H groups in total. The summed E-state index contributed by atoms with van der Waals surface area (Å²) in [5, 5.41) is 0. The third-order valence-electron chi connectivity index (χ3n) is 3.56. The third-order valence-corrected chi connectivity index (χ3v) is 4.00. The lowest BCUT2D eigenvalue weighted by atomic mass is 9.93. The molecule has 0 radical (unpaired) electrons. The number of amides is 1. The molecule has 0 saturated heterocycles. The molecule has 3 rings (SSSR count). The Labute approximate surface area is 126 Å². The van der Waals surface area contributed by atoms with Crippen LogP contribution in [0.4, 0.5) is 5.69 Å². The fourth-order valence-corrected chi connectivity index (χ4v) is 3.05. The van der Waals surface area contributed by atoms with Crippen molar-refractivity contribution < 1.29 is 4.79 Å². The number of benzene rings is 1. The second-order valence-corrected chi connectivity index (χ2v) is 6.03. The number of para-hydroxylation sites is 1. The van der Waals surface area contributed by atoms with Crippen molar-refractivity contribution in [2.75, 3.05) is 11.4 Å². The average molecular weight is 331 g/mol. The first kappa shape index (κ1) is 13.3. The Bertz CT molecular complexity index is 656. The van der Waals surface area contributed by atoms with Crippen molar-refractivity contribution in [3.8, 4) is 0 Å². The molecule has 1 amide bonds. The van der Waals surface area contributed by atoms with Gasteiger partial charge in [-0.1, -0.05) is 25.1 Å². The first-order valence-electron chi connectivity index (χ1n) is 6.66. The second kappa shape index (κ2) is 5.37. The zero-order chi connectivity index (χ0) is 14.1. The Hall–Kier alpha value is -1.68. The SMILES string of the molecule is CC1Cc2ccccc2N(C(=O)c2ccnc(Br)c2)C1. The van der Waals surface area contributed by atoms with Crippen molar-refractivity contribution in [1.82, 2.24) is 4.98 Å². The lowest BCUT2D eigenvalue weighted by Gasteiger charge is -2.33. The van der Waals surface area contributed by atoms with Gasteiger partial charge in [-0.05, 0) is 52.0 Å². The van der Waals surface area contributed by atoms with Crippen molar-refractivity contribution in [3.63, 3.8) is 0 Å². The van der Waals surface area contributed by atoms with Crippen molar-refractivity contribution >= 4 is 27.5 Å². The van der Waals surface area contributed by atoms with Crippen LogP contribution >= 0.6 is 15.9 Å². The van der Waals surface area contributed by atoms with Crippen LogP contribution in [0.15, 0.2) is 47.2 Å². The number of rotatable bonds is 1. The number of hydrogen-bond acceptors (Lipinski definition) is 2. The molecular weight excluding hydrogens is 316 g/mol. The lowest BCUT2D eigenvalue weighted by Crippen LogP contribution is -2.39. The molecule has 102 valence electrons. The van der Waals surface area contributed by atoms with E-state index in [0.717, 1.165) is 18.7 Å². The van der Waals surface area contributed by atoms with E-state index in [-0.39, 0.29) is 5.91 Å². The highest BCUT2D eigenvalue weighted by atomic mass is 79.9. The van der Waals surface area contributed by atoms with Gasteiger partial charge in [-0.3, -0.25) is 4.79 Å². The van der Waals surface area contributed by atoms with Crippen molar-refractivity contribution in [2.45, 2.75) is 13.3 Å². The molecular formula is C16H15BrN2O. The van der Waals surface area contributed by atoms with Gasteiger partial charge in [0.2, 0.25) is 0 Å². The van der Waals surface area contributed by atoms with E-state index in [1.807, 2.05) is 23.1 Å². The molecule has 0 aliphatic carbocycles. The molecule has 2 heterocycles. The molecule has 0 fully saturated rings. The van der Waals surface area contributed by atoms with E-state index in [2.05, 4.69) is 33.9 Å². The van der Waals surface area contributed by atoms with Gasteiger partial charge in [-0.2, -0.15) is 0 Å². The fraction of sp³-hybridized carbons (Fsp3) is 0.250. The van der Waals surface area contributed by atoms with Crippen molar-refractivity contribution in [2.24, 2.45) is 5.92 Å². The summed E-state index contributed by atoms with van der Waals surface area (Å²) in [7, 11) is 0. The number of aromatic nitrogens is 1. The van der Waals surface area contributed by atoms with E-state index in [4.69, 9.17) is 0 Å². The predicted octanol–water partition coefficient (Wildman–Crippen LogP) is 3.68. The Kier molecular flexibility index (Phi) is 3.57.